The van der Waals surface area contributed by atoms with Gasteiger partial charge in [0.25, 0.3) is 0 Å². The molecule has 0 saturated carbocycles. The van der Waals surface area contributed by atoms with E-state index in [0.29, 0.717) is 12.0 Å². The standard InChI is InChI=1S/C18H33N5.HI/c1-15(2)23-11-6-8-16(13-23)12-20-18(19-3)22(5)14-17-9-7-10-21(17)4;/h7,9-10,15-16H,6,8,11-14H2,1-5H3,(H,19,20);1H. The van der Waals surface area contributed by atoms with Gasteiger partial charge >= 0.3 is 0 Å². The molecule has 1 saturated heterocycles. The van der Waals surface area contributed by atoms with E-state index >= 15 is 0 Å². The summed E-state index contributed by atoms with van der Waals surface area (Å²) in [4.78, 5) is 9.23. The van der Waals surface area contributed by atoms with Gasteiger partial charge in [0, 0.05) is 52.2 Å². The lowest BCUT2D eigenvalue weighted by Gasteiger charge is -2.36. The van der Waals surface area contributed by atoms with E-state index in [1.165, 1.54) is 31.6 Å². The Bertz CT molecular complexity index is 511. The Morgan fingerprint density at radius 3 is 2.79 bits per heavy atom. The number of likely N-dealkylation sites (tertiary alicyclic amines) is 1. The Balaban J connectivity index is 0.00000288. The smallest absolute Gasteiger partial charge is 0.193 e. The first-order valence-corrected chi connectivity index (χ1v) is 8.77. The van der Waals surface area contributed by atoms with Crippen LogP contribution in [-0.4, -0.2) is 60.1 Å². The maximum absolute atomic E-state index is 4.45. The topological polar surface area (TPSA) is 35.8 Å². The van der Waals surface area contributed by atoms with Crippen LogP contribution in [0, 0.1) is 5.92 Å². The normalized spacial score (nSPS) is 19.2. The first kappa shape index (κ1) is 21.3. The highest BCUT2D eigenvalue weighted by atomic mass is 127. The number of aliphatic imine (C=N–C) groups is 1. The molecule has 2 rings (SSSR count). The van der Waals surface area contributed by atoms with Crippen molar-refractivity contribution < 1.29 is 0 Å². The summed E-state index contributed by atoms with van der Waals surface area (Å²) >= 11 is 0. The molecule has 1 unspecified atom stereocenters. The van der Waals surface area contributed by atoms with E-state index in [1.54, 1.807) is 0 Å². The molecule has 24 heavy (non-hydrogen) atoms. The number of guanidine groups is 1. The lowest BCUT2D eigenvalue weighted by molar-refractivity contribution is 0.140. The first-order chi connectivity index (χ1) is 11.0. The molecule has 0 amide bonds. The van der Waals surface area contributed by atoms with Gasteiger partial charge in [0.2, 0.25) is 0 Å². The molecular weight excluding hydrogens is 413 g/mol. The second kappa shape index (κ2) is 10.3. The fourth-order valence-corrected chi connectivity index (χ4v) is 3.33. The summed E-state index contributed by atoms with van der Waals surface area (Å²) in [5.74, 6) is 1.69. The zero-order valence-corrected chi connectivity index (χ0v) is 18.2. The van der Waals surface area contributed by atoms with Crippen molar-refractivity contribution in [3.63, 3.8) is 0 Å². The van der Waals surface area contributed by atoms with Gasteiger partial charge < -0.3 is 19.7 Å². The Morgan fingerprint density at radius 1 is 1.46 bits per heavy atom. The van der Waals surface area contributed by atoms with E-state index in [9.17, 15) is 0 Å². The van der Waals surface area contributed by atoms with E-state index in [-0.39, 0.29) is 24.0 Å². The van der Waals surface area contributed by atoms with E-state index in [2.05, 4.69) is 70.9 Å². The van der Waals surface area contributed by atoms with Crippen LogP contribution < -0.4 is 5.32 Å². The molecule has 1 atom stereocenters. The van der Waals surface area contributed by atoms with Gasteiger partial charge in [-0.15, -0.1) is 24.0 Å². The molecule has 1 fully saturated rings. The molecule has 1 aromatic heterocycles. The second-order valence-electron chi connectivity index (χ2n) is 6.99. The fourth-order valence-electron chi connectivity index (χ4n) is 3.33. The highest BCUT2D eigenvalue weighted by molar-refractivity contribution is 14.0. The van der Waals surface area contributed by atoms with Crippen molar-refractivity contribution in [3.05, 3.63) is 24.0 Å². The number of hydrogen-bond acceptors (Lipinski definition) is 2. The molecule has 2 heterocycles. The Hall–Kier alpha value is -0.760. The molecular formula is C18H34IN5. The number of nitrogens with one attached hydrogen (secondary N) is 1. The van der Waals surface area contributed by atoms with Crippen LogP contribution in [-0.2, 0) is 13.6 Å². The molecule has 138 valence electrons. The number of aryl methyl sites for hydroxylation is 1. The van der Waals surface area contributed by atoms with E-state index in [4.69, 9.17) is 0 Å². The Kier molecular flexibility index (Phi) is 9.12. The third kappa shape index (κ3) is 5.95. The number of rotatable bonds is 5. The van der Waals surface area contributed by atoms with Crippen LogP contribution in [0.2, 0.25) is 0 Å². The largest absolute Gasteiger partial charge is 0.356 e. The average Bonchev–Trinajstić information content (AvgIpc) is 2.93. The summed E-state index contributed by atoms with van der Waals surface area (Å²) in [6.45, 7) is 8.91. The SMILES string of the molecule is CN=C(NCC1CCCN(C(C)C)C1)N(C)Cc1cccn1C.I. The Labute approximate surface area is 164 Å². The number of aromatic nitrogens is 1. The van der Waals surface area contributed by atoms with Gasteiger partial charge in [-0.05, 0) is 51.3 Å². The van der Waals surface area contributed by atoms with Crippen molar-refractivity contribution in [2.24, 2.45) is 18.0 Å². The summed E-state index contributed by atoms with van der Waals surface area (Å²) in [5, 5.41) is 3.57. The predicted octanol–water partition coefficient (Wildman–Crippen LogP) is 2.77. The van der Waals surface area contributed by atoms with Gasteiger partial charge in [0.1, 0.15) is 0 Å². The van der Waals surface area contributed by atoms with Crippen LogP contribution >= 0.6 is 24.0 Å². The molecule has 1 aliphatic heterocycles. The predicted molar refractivity (Wildman–Crippen MR) is 113 cm³/mol. The van der Waals surface area contributed by atoms with Crippen LogP contribution in [0.1, 0.15) is 32.4 Å². The van der Waals surface area contributed by atoms with E-state index < -0.39 is 0 Å². The van der Waals surface area contributed by atoms with Crippen molar-refractivity contribution in [2.45, 2.75) is 39.3 Å². The minimum atomic E-state index is 0. The van der Waals surface area contributed by atoms with Gasteiger partial charge in [0.05, 0.1) is 6.54 Å². The quantitative estimate of drug-likeness (QED) is 0.429. The van der Waals surface area contributed by atoms with E-state index in [1.807, 2.05) is 7.05 Å². The van der Waals surface area contributed by atoms with Crippen LogP contribution in [0.4, 0.5) is 0 Å². The van der Waals surface area contributed by atoms with E-state index in [0.717, 1.165) is 19.0 Å². The van der Waals surface area contributed by atoms with Crippen LogP contribution in [0.15, 0.2) is 23.3 Å². The fraction of sp³-hybridized carbons (Fsp3) is 0.722. The van der Waals surface area contributed by atoms with Crippen molar-refractivity contribution >= 4 is 29.9 Å². The number of halogens is 1. The van der Waals surface area contributed by atoms with Gasteiger partial charge in [0.15, 0.2) is 5.96 Å². The van der Waals surface area contributed by atoms with Crippen molar-refractivity contribution in [1.82, 2.24) is 19.7 Å². The number of nitrogens with zero attached hydrogens (tertiary/aromatic N) is 4. The number of hydrogen-bond donors (Lipinski definition) is 1. The van der Waals surface area contributed by atoms with Crippen LogP contribution in [0.5, 0.6) is 0 Å². The average molecular weight is 447 g/mol. The third-order valence-corrected chi connectivity index (χ3v) is 4.85. The van der Waals surface area contributed by atoms with Gasteiger partial charge in [-0.25, -0.2) is 0 Å². The molecule has 0 spiro atoms. The van der Waals surface area contributed by atoms with Crippen molar-refractivity contribution in [2.75, 3.05) is 33.7 Å². The maximum atomic E-state index is 4.45. The highest BCUT2D eigenvalue weighted by Crippen LogP contribution is 2.17. The van der Waals surface area contributed by atoms with Crippen molar-refractivity contribution in [3.8, 4) is 0 Å². The summed E-state index contributed by atoms with van der Waals surface area (Å²) in [5.41, 5.74) is 1.29. The Morgan fingerprint density at radius 2 is 2.21 bits per heavy atom. The third-order valence-electron chi connectivity index (χ3n) is 4.85. The van der Waals surface area contributed by atoms with Crippen LogP contribution in [0.3, 0.4) is 0 Å². The van der Waals surface area contributed by atoms with Crippen molar-refractivity contribution in [1.29, 1.82) is 0 Å². The zero-order valence-electron chi connectivity index (χ0n) is 15.8. The molecule has 1 aliphatic rings. The van der Waals surface area contributed by atoms with Gasteiger partial charge in [-0.2, -0.15) is 0 Å². The highest BCUT2D eigenvalue weighted by Gasteiger charge is 2.22. The minimum absolute atomic E-state index is 0. The number of piperidine rings is 1. The zero-order chi connectivity index (χ0) is 16.8. The maximum Gasteiger partial charge on any atom is 0.193 e. The molecule has 0 aromatic carbocycles. The molecule has 5 nitrogen and oxygen atoms in total. The lowest BCUT2D eigenvalue weighted by Crippen LogP contribution is -2.46. The molecule has 0 aliphatic carbocycles. The van der Waals surface area contributed by atoms with Gasteiger partial charge in [-0.1, -0.05) is 0 Å². The molecule has 1 aromatic rings. The second-order valence-corrected chi connectivity index (χ2v) is 6.99. The summed E-state index contributed by atoms with van der Waals surface area (Å²) < 4.78 is 2.16. The first-order valence-electron chi connectivity index (χ1n) is 8.77. The van der Waals surface area contributed by atoms with Gasteiger partial charge in [-0.3, -0.25) is 4.99 Å². The molecule has 1 N–H and O–H groups in total. The minimum Gasteiger partial charge on any atom is -0.356 e. The lowest BCUT2D eigenvalue weighted by atomic mass is 9.97. The molecule has 6 heteroatoms. The molecule has 0 radical (unpaired) electrons. The molecule has 0 bridgehead atoms. The van der Waals surface area contributed by atoms with Crippen LogP contribution in [0.25, 0.3) is 0 Å². The monoisotopic (exact) mass is 447 g/mol. The summed E-state index contributed by atoms with van der Waals surface area (Å²) in [7, 11) is 6.05. The summed E-state index contributed by atoms with van der Waals surface area (Å²) in [6, 6.07) is 4.89. The summed E-state index contributed by atoms with van der Waals surface area (Å²) in [6.07, 6.45) is 4.71.